The van der Waals surface area contributed by atoms with Gasteiger partial charge in [0.15, 0.2) is 0 Å². The number of ketones is 1. The van der Waals surface area contributed by atoms with E-state index in [4.69, 9.17) is 4.74 Å². The molecule has 0 bridgehead atoms. The molecular weight excluding hydrogens is 410 g/mol. The summed E-state index contributed by atoms with van der Waals surface area (Å²) in [7, 11) is 1.78. The number of aliphatic imine (C=N–C) groups is 1. The van der Waals surface area contributed by atoms with Crippen LogP contribution in [-0.2, 0) is 26.2 Å². The highest BCUT2D eigenvalue weighted by atomic mass is 16.6. The van der Waals surface area contributed by atoms with E-state index in [1.165, 1.54) is 18.2 Å². The Morgan fingerprint density at radius 3 is 2.72 bits per heavy atom. The van der Waals surface area contributed by atoms with E-state index in [-0.39, 0.29) is 24.5 Å². The van der Waals surface area contributed by atoms with E-state index in [0.717, 1.165) is 11.3 Å². The van der Waals surface area contributed by atoms with Gasteiger partial charge in [-0.2, -0.15) is 0 Å². The van der Waals surface area contributed by atoms with Gasteiger partial charge in [0.2, 0.25) is 5.78 Å². The molecule has 0 saturated heterocycles. The Bertz CT molecular complexity index is 1200. The minimum absolute atomic E-state index is 0.0504. The standard InChI is InChI=1S/C24H23N3O5/c1-4-32-23(29)14-24(2)17-12-16(27(30)31)9-10-20(17)26(3)22(24)13-21(28)19-11-15-7-5-6-8-18(15)25-19/h5-10,12-13H,4,11,14H2,1-3H3/b22-13-. The summed E-state index contributed by atoms with van der Waals surface area (Å²) < 4.78 is 5.17. The third-order valence-corrected chi connectivity index (χ3v) is 6.03. The minimum Gasteiger partial charge on any atom is -0.466 e. The Morgan fingerprint density at radius 1 is 1.28 bits per heavy atom. The maximum Gasteiger partial charge on any atom is 0.307 e. The summed E-state index contributed by atoms with van der Waals surface area (Å²) in [5.74, 6) is -0.688. The van der Waals surface area contributed by atoms with Crippen molar-refractivity contribution in [1.82, 2.24) is 0 Å². The second-order valence-corrected chi connectivity index (χ2v) is 8.09. The van der Waals surface area contributed by atoms with E-state index in [9.17, 15) is 19.7 Å². The number of likely N-dealkylation sites (N-methyl/N-ethyl adjacent to an activating group) is 1. The van der Waals surface area contributed by atoms with Crippen LogP contribution >= 0.6 is 0 Å². The summed E-state index contributed by atoms with van der Waals surface area (Å²) in [6, 6.07) is 12.1. The highest BCUT2D eigenvalue weighted by Crippen LogP contribution is 2.50. The first-order chi connectivity index (χ1) is 15.2. The molecule has 0 amide bonds. The molecule has 2 aliphatic rings. The highest BCUT2D eigenvalue weighted by molar-refractivity contribution is 6.46. The normalized spacial score (nSPS) is 20.0. The second-order valence-electron chi connectivity index (χ2n) is 8.09. The molecule has 0 aromatic heterocycles. The average Bonchev–Trinajstić information content (AvgIpc) is 3.28. The molecule has 4 rings (SSSR count). The summed E-state index contributed by atoms with van der Waals surface area (Å²) in [5, 5.41) is 11.4. The molecule has 32 heavy (non-hydrogen) atoms. The van der Waals surface area contributed by atoms with Crippen molar-refractivity contribution in [2.75, 3.05) is 18.6 Å². The Hall–Kier alpha value is -3.81. The number of para-hydroxylation sites is 1. The lowest BCUT2D eigenvalue weighted by atomic mass is 9.78. The van der Waals surface area contributed by atoms with Crippen molar-refractivity contribution in [3.05, 3.63) is 75.5 Å². The van der Waals surface area contributed by atoms with E-state index in [2.05, 4.69) is 4.99 Å². The van der Waals surface area contributed by atoms with Crippen LogP contribution in [0.15, 0.2) is 59.2 Å². The van der Waals surface area contributed by atoms with Gasteiger partial charge in [-0.3, -0.25) is 19.7 Å². The van der Waals surface area contributed by atoms with Gasteiger partial charge in [-0.1, -0.05) is 18.2 Å². The number of non-ortho nitro benzene ring substituents is 1. The van der Waals surface area contributed by atoms with Gasteiger partial charge >= 0.3 is 5.97 Å². The third kappa shape index (κ3) is 3.57. The largest absolute Gasteiger partial charge is 0.466 e. The first-order valence-corrected chi connectivity index (χ1v) is 10.3. The number of rotatable bonds is 6. The van der Waals surface area contributed by atoms with Gasteiger partial charge in [-0.25, -0.2) is 4.99 Å². The first kappa shape index (κ1) is 21.4. The van der Waals surface area contributed by atoms with Crippen molar-refractivity contribution in [1.29, 1.82) is 0 Å². The smallest absolute Gasteiger partial charge is 0.307 e. The Morgan fingerprint density at radius 2 is 2.03 bits per heavy atom. The predicted octanol–water partition coefficient (Wildman–Crippen LogP) is 4.04. The van der Waals surface area contributed by atoms with Crippen LogP contribution in [0.1, 0.15) is 31.4 Å². The van der Waals surface area contributed by atoms with Gasteiger partial charge in [-0.15, -0.1) is 0 Å². The van der Waals surface area contributed by atoms with Crippen LogP contribution in [0.25, 0.3) is 0 Å². The number of carbonyl (C=O) groups is 2. The van der Waals surface area contributed by atoms with Crippen molar-refractivity contribution in [3.8, 4) is 0 Å². The fraction of sp³-hybridized carbons (Fsp3) is 0.292. The quantitative estimate of drug-likeness (QED) is 0.295. The lowest BCUT2D eigenvalue weighted by Gasteiger charge is -2.27. The van der Waals surface area contributed by atoms with Gasteiger partial charge in [0.05, 0.1) is 29.4 Å². The molecule has 8 nitrogen and oxygen atoms in total. The molecule has 0 spiro atoms. The van der Waals surface area contributed by atoms with Crippen molar-refractivity contribution in [2.24, 2.45) is 4.99 Å². The zero-order chi connectivity index (χ0) is 23.0. The van der Waals surface area contributed by atoms with E-state index < -0.39 is 16.3 Å². The maximum absolute atomic E-state index is 13.2. The number of benzene rings is 2. The first-order valence-electron chi connectivity index (χ1n) is 10.3. The molecule has 0 N–H and O–H groups in total. The summed E-state index contributed by atoms with van der Waals surface area (Å²) in [5.41, 5.74) is 3.04. The maximum atomic E-state index is 13.2. The molecule has 0 fully saturated rings. The number of ether oxygens (including phenoxy) is 1. The molecule has 0 radical (unpaired) electrons. The molecule has 2 aromatic rings. The number of allylic oxidation sites excluding steroid dienone is 2. The molecule has 1 unspecified atom stereocenters. The molecule has 2 aromatic carbocycles. The van der Waals surface area contributed by atoms with Crippen LogP contribution in [0.4, 0.5) is 17.1 Å². The monoisotopic (exact) mass is 433 g/mol. The third-order valence-electron chi connectivity index (χ3n) is 6.03. The van der Waals surface area contributed by atoms with Gasteiger partial charge in [0.25, 0.3) is 5.69 Å². The zero-order valence-electron chi connectivity index (χ0n) is 18.1. The Balaban J connectivity index is 1.76. The fourth-order valence-corrected chi connectivity index (χ4v) is 4.44. The predicted molar refractivity (Wildman–Crippen MR) is 120 cm³/mol. The minimum atomic E-state index is -0.968. The van der Waals surface area contributed by atoms with E-state index in [0.29, 0.717) is 29.1 Å². The second kappa shape index (κ2) is 8.03. The van der Waals surface area contributed by atoms with Crippen LogP contribution in [0, 0.1) is 10.1 Å². The van der Waals surface area contributed by atoms with Gasteiger partial charge in [0, 0.05) is 48.5 Å². The summed E-state index contributed by atoms with van der Waals surface area (Å²) in [4.78, 5) is 42.8. The van der Waals surface area contributed by atoms with Crippen LogP contribution in [-0.4, -0.2) is 36.0 Å². The molecule has 0 saturated carbocycles. The SMILES string of the molecule is CCOC(=O)CC1(C)/C(=C/C(=O)C2=Nc3ccccc3C2)N(C)c2ccc([N+](=O)[O-])cc21. The summed E-state index contributed by atoms with van der Waals surface area (Å²) in [6.07, 6.45) is 1.89. The number of esters is 1. The van der Waals surface area contributed by atoms with Gasteiger partial charge < -0.3 is 9.64 Å². The number of anilines is 1. The Kier molecular flexibility index (Phi) is 5.38. The number of nitrogens with zero attached hydrogens (tertiary/aromatic N) is 3. The van der Waals surface area contributed by atoms with E-state index in [1.807, 2.05) is 24.3 Å². The number of nitro benzene ring substituents is 1. The number of hydrogen-bond acceptors (Lipinski definition) is 7. The average molecular weight is 433 g/mol. The number of fused-ring (bicyclic) bond motifs is 2. The summed E-state index contributed by atoms with van der Waals surface area (Å²) in [6.45, 7) is 3.75. The Labute approximate surface area is 185 Å². The fourth-order valence-electron chi connectivity index (χ4n) is 4.44. The van der Waals surface area contributed by atoms with Crippen LogP contribution in [0.5, 0.6) is 0 Å². The molecule has 8 heteroatoms. The summed E-state index contributed by atoms with van der Waals surface area (Å²) >= 11 is 0. The van der Waals surface area contributed by atoms with Crippen LogP contribution in [0.2, 0.25) is 0 Å². The van der Waals surface area contributed by atoms with Crippen molar-refractivity contribution in [3.63, 3.8) is 0 Å². The highest BCUT2D eigenvalue weighted by Gasteiger charge is 2.45. The topological polar surface area (TPSA) is 102 Å². The molecule has 2 aliphatic heterocycles. The van der Waals surface area contributed by atoms with E-state index in [1.54, 1.807) is 31.9 Å². The molecule has 0 aliphatic carbocycles. The van der Waals surface area contributed by atoms with Crippen molar-refractivity contribution >= 4 is 34.5 Å². The van der Waals surface area contributed by atoms with Gasteiger partial charge in [-0.05, 0) is 37.1 Å². The van der Waals surface area contributed by atoms with Crippen LogP contribution < -0.4 is 4.90 Å². The van der Waals surface area contributed by atoms with E-state index >= 15 is 0 Å². The molecular formula is C24H23N3O5. The van der Waals surface area contributed by atoms with Gasteiger partial charge in [0.1, 0.15) is 0 Å². The molecule has 2 heterocycles. The molecule has 164 valence electrons. The van der Waals surface area contributed by atoms with Crippen LogP contribution in [0.3, 0.4) is 0 Å². The van der Waals surface area contributed by atoms with Crippen molar-refractivity contribution < 1.29 is 19.2 Å². The zero-order valence-corrected chi connectivity index (χ0v) is 18.1. The number of hydrogen-bond donors (Lipinski definition) is 0. The molecule has 1 atom stereocenters. The lowest BCUT2D eigenvalue weighted by Crippen LogP contribution is -2.31. The lowest BCUT2D eigenvalue weighted by molar-refractivity contribution is -0.384. The number of carbonyl (C=O) groups excluding carboxylic acids is 2. The number of nitro groups is 1. The van der Waals surface area contributed by atoms with Crippen molar-refractivity contribution in [2.45, 2.75) is 32.1 Å².